The fraction of sp³-hybridized carbons (Fsp3) is 0.389. The summed E-state index contributed by atoms with van der Waals surface area (Å²) in [6.07, 6.45) is 0.989. The van der Waals surface area contributed by atoms with E-state index in [0.29, 0.717) is 0 Å². The number of anilines is 1. The smallest absolute Gasteiger partial charge is 0.196 e. The van der Waals surface area contributed by atoms with Gasteiger partial charge in [0, 0.05) is 4.88 Å². The van der Waals surface area contributed by atoms with E-state index in [4.69, 9.17) is 5.73 Å². The molecule has 4 heteroatoms. The van der Waals surface area contributed by atoms with Crippen molar-refractivity contribution < 1.29 is 0 Å². The lowest BCUT2D eigenvalue weighted by molar-refractivity contribution is 0.590. The van der Waals surface area contributed by atoms with E-state index in [9.17, 15) is 0 Å². The fourth-order valence-corrected chi connectivity index (χ4v) is 3.88. The van der Waals surface area contributed by atoms with Gasteiger partial charge in [0.15, 0.2) is 4.96 Å². The number of fused-ring (bicyclic) bond motifs is 1. The van der Waals surface area contributed by atoms with Gasteiger partial charge in [0.2, 0.25) is 0 Å². The summed E-state index contributed by atoms with van der Waals surface area (Å²) in [4.78, 5) is 6.90. The van der Waals surface area contributed by atoms with Crippen LogP contribution in [-0.4, -0.2) is 9.38 Å². The first-order chi connectivity index (χ1) is 10.3. The number of nitrogens with zero attached hydrogens (tertiary/aromatic N) is 2. The Morgan fingerprint density at radius 3 is 2.36 bits per heavy atom. The van der Waals surface area contributed by atoms with Gasteiger partial charge >= 0.3 is 0 Å². The van der Waals surface area contributed by atoms with Crippen LogP contribution in [0.4, 0.5) is 5.82 Å². The normalized spacial score (nSPS) is 12.2. The van der Waals surface area contributed by atoms with Crippen molar-refractivity contribution in [3.63, 3.8) is 0 Å². The quantitative estimate of drug-likeness (QED) is 0.737. The number of aryl methyl sites for hydroxylation is 2. The largest absolute Gasteiger partial charge is 0.383 e. The number of imidazole rings is 1. The highest BCUT2D eigenvalue weighted by atomic mass is 32.1. The Balaban J connectivity index is 2.20. The van der Waals surface area contributed by atoms with Gasteiger partial charge in [-0.25, -0.2) is 4.98 Å². The molecule has 22 heavy (non-hydrogen) atoms. The Kier molecular flexibility index (Phi) is 3.52. The molecule has 1 aromatic carbocycles. The molecule has 0 amide bonds. The average Bonchev–Trinajstić information content (AvgIpc) is 2.95. The van der Waals surface area contributed by atoms with Gasteiger partial charge in [-0.3, -0.25) is 4.40 Å². The minimum atomic E-state index is 0.167. The SMILES string of the molecule is CCc1sc2nc(C)c(N)n2c1-c1ccc(C(C)(C)C)cc1. The Hall–Kier alpha value is -1.81. The monoisotopic (exact) mass is 313 g/mol. The predicted molar refractivity (Wildman–Crippen MR) is 95.7 cm³/mol. The molecular formula is C18H23N3S. The van der Waals surface area contributed by atoms with Gasteiger partial charge in [-0.2, -0.15) is 0 Å². The maximum atomic E-state index is 6.25. The number of hydrogen-bond acceptors (Lipinski definition) is 3. The first kappa shape index (κ1) is 15.1. The number of thiazole rings is 1. The van der Waals surface area contributed by atoms with E-state index in [1.54, 1.807) is 11.3 Å². The van der Waals surface area contributed by atoms with Crippen LogP contribution >= 0.6 is 11.3 Å². The Morgan fingerprint density at radius 2 is 1.82 bits per heavy atom. The average molecular weight is 313 g/mol. The van der Waals surface area contributed by atoms with Crippen molar-refractivity contribution in [3.05, 3.63) is 40.4 Å². The number of rotatable bonds is 2. The molecule has 3 rings (SSSR count). The van der Waals surface area contributed by atoms with E-state index in [0.717, 1.165) is 22.9 Å². The molecule has 0 unspecified atom stereocenters. The van der Waals surface area contributed by atoms with Crippen LogP contribution in [0.5, 0.6) is 0 Å². The summed E-state index contributed by atoms with van der Waals surface area (Å²) in [5, 5.41) is 0. The molecule has 0 aliphatic carbocycles. The zero-order chi connectivity index (χ0) is 16.1. The summed E-state index contributed by atoms with van der Waals surface area (Å²) < 4.78 is 2.10. The van der Waals surface area contributed by atoms with E-state index in [-0.39, 0.29) is 5.41 Å². The van der Waals surface area contributed by atoms with Crippen LogP contribution in [-0.2, 0) is 11.8 Å². The lowest BCUT2D eigenvalue weighted by atomic mass is 9.86. The predicted octanol–water partition coefficient (Wildman–Crippen LogP) is 4.81. The molecule has 3 aromatic rings. The van der Waals surface area contributed by atoms with Crippen LogP contribution < -0.4 is 5.73 Å². The molecule has 2 aromatic heterocycles. The molecule has 0 aliphatic rings. The second-order valence-corrected chi connectivity index (χ2v) is 7.82. The molecule has 0 fully saturated rings. The summed E-state index contributed by atoms with van der Waals surface area (Å²) in [6.45, 7) is 10.9. The van der Waals surface area contributed by atoms with Gasteiger partial charge in [-0.15, -0.1) is 11.3 Å². The summed E-state index contributed by atoms with van der Waals surface area (Å²) in [5.74, 6) is 0.751. The minimum Gasteiger partial charge on any atom is -0.383 e. The summed E-state index contributed by atoms with van der Waals surface area (Å²) in [6, 6.07) is 8.85. The minimum absolute atomic E-state index is 0.167. The third-order valence-corrected chi connectivity index (χ3v) is 5.30. The standard InChI is InChI=1S/C18H23N3S/c1-6-14-15(21-16(19)11(2)20-17(21)22-14)12-7-9-13(10-8-12)18(3,4)5/h7-10H,6,19H2,1-5H3. The molecule has 2 heterocycles. The van der Waals surface area contributed by atoms with Gasteiger partial charge in [-0.05, 0) is 29.9 Å². The van der Waals surface area contributed by atoms with Crippen LogP contribution in [0.1, 0.15) is 43.8 Å². The molecule has 0 saturated carbocycles. The van der Waals surface area contributed by atoms with E-state index in [1.807, 2.05) is 6.92 Å². The second kappa shape index (κ2) is 5.13. The summed E-state index contributed by atoms with van der Waals surface area (Å²) in [5.41, 5.74) is 11.1. The number of aromatic nitrogens is 2. The van der Waals surface area contributed by atoms with Crippen LogP contribution in [0.25, 0.3) is 16.2 Å². The van der Waals surface area contributed by atoms with Gasteiger partial charge in [0.05, 0.1) is 11.4 Å². The van der Waals surface area contributed by atoms with Crippen molar-refractivity contribution in [1.29, 1.82) is 0 Å². The number of hydrogen-bond donors (Lipinski definition) is 1. The van der Waals surface area contributed by atoms with E-state index >= 15 is 0 Å². The summed E-state index contributed by atoms with van der Waals surface area (Å²) in [7, 11) is 0. The molecule has 116 valence electrons. The molecule has 0 aliphatic heterocycles. The number of benzene rings is 1. The molecule has 0 spiro atoms. The first-order valence-electron chi connectivity index (χ1n) is 7.70. The number of nitrogens with two attached hydrogens (primary N) is 1. The van der Waals surface area contributed by atoms with Gasteiger partial charge in [0.1, 0.15) is 5.82 Å². The maximum Gasteiger partial charge on any atom is 0.196 e. The zero-order valence-electron chi connectivity index (χ0n) is 13.9. The molecule has 3 nitrogen and oxygen atoms in total. The topological polar surface area (TPSA) is 43.3 Å². The van der Waals surface area contributed by atoms with Crippen molar-refractivity contribution in [1.82, 2.24) is 9.38 Å². The third kappa shape index (κ3) is 2.31. The highest BCUT2D eigenvalue weighted by Crippen LogP contribution is 2.36. The van der Waals surface area contributed by atoms with E-state index in [1.165, 1.54) is 21.7 Å². The highest BCUT2D eigenvalue weighted by Gasteiger charge is 2.19. The first-order valence-corrected chi connectivity index (χ1v) is 8.51. The fourth-order valence-electron chi connectivity index (χ4n) is 2.74. The molecule has 0 radical (unpaired) electrons. The summed E-state index contributed by atoms with van der Waals surface area (Å²) >= 11 is 1.74. The lowest BCUT2D eigenvalue weighted by Crippen LogP contribution is -2.10. The van der Waals surface area contributed by atoms with Gasteiger partial charge in [-0.1, -0.05) is 52.0 Å². The number of nitrogen functional groups attached to an aromatic ring is 1. The molecule has 0 atom stereocenters. The zero-order valence-corrected chi connectivity index (χ0v) is 14.7. The van der Waals surface area contributed by atoms with Crippen molar-refractivity contribution in [2.24, 2.45) is 0 Å². The van der Waals surface area contributed by atoms with Gasteiger partial charge < -0.3 is 5.73 Å². The van der Waals surface area contributed by atoms with Crippen LogP contribution in [0, 0.1) is 6.92 Å². The van der Waals surface area contributed by atoms with Crippen molar-refractivity contribution >= 4 is 22.1 Å². The van der Waals surface area contributed by atoms with E-state index in [2.05, 4.69) is 61.3 Å². The van der Waals surface area contributed by atoms with Crippen molar-refractivity contribution in [2.75, 3.05) is 5.73 Å². The Labute approximate surface area is 135 Å². The maximum absolute atomic E-state index is 6.25. The molecule has 2 N–H and O–H groups in total. The molecular weight excluding hydrogens is 290 g/mol. The van der Waals surface area contributed by atoms with Crippen molar-refractivity contribution in [3.8, 4) is 11.3 Å². The molecule has 0 saturated heterocycles. The van der Waals surface area contributed by atoms with Gasteiger partial charge in [0.25, 0.3) is 0 Å². The lowest BCUT2D eigenvalue weighted by Gasteiger charge is -2.19. The Bertz CT molecular complexity index is 817. The van der Waals surface area contributed by atoms with E-state index < -0.39 is 0 Å². The third-order valence-electron chi connectivity index (χ3n) is 4.11. The van der Waals surface area contributed by atoms with Crippen LogP contribution in [0.2, 0.25) is 0 Å². The highest BCUT2D eigenvalue weighted by molar-refractivity contribution is 7.17. The molecule has 0 bridgehead atoms. The Morgan fingerprint density at radius 1 is 1.18 bits per heavy atom. The van der Waals surface area contributed by atoms with Crippen LogP contribution in [0.15, 0.2) is 24.3 Å². The van der Waals surface area contributed by atoms with Crippen molar-refractivity contribution in [2.45, 2.75) is 46.5 Å². The van der Waals surface area contributed by atoms with Crippen LogP contribution in [0.3, 0.4) is 0 Å². The second-order valence-electron chi connectivity index (χ2n) is 6.76.